The van der Waals surface area contributed by atoms with Crippen LogP contribution < -0.4 is 15.2 Å². The average molecular weight is 286 g/mol. The number of rotatable bonds is 4. The molecule has 0 fully saturated rings. The molecular formula is C15H18N4O2. The Labute approximate surface area is 123 Å². The predicted molar refractivity (Wildman–Crippen MR) is 78.6 cm³/mol. The molecule has 0 atom stereocenters. The van der Waals surface area contributed by atoms with Gasteiger partial charge in [-0.2, -0.15) is 9.97 Å². The number of nitrogen functional groups attached to an aromatic ring is 1. The molecule has 1 aliphatic carbocycles. The van der Waals surface area contributed by atoms with E-state index < -0.39 is 0 Å². The number of ether oxygens (including phenoxy) is 2. The highest BCUT2D eigenvalue weighted by atomic mass is 16.5. The molecule has 2 aromatic rings. The van der Waals surface area contributed by atoms with Crippen LogP contribution in [0.2, 0.25) is 0 Å². The summed E-state index contributed by atoms with van der Waals surface area (Å²) in [6.07, 6.45) is 4.72. The first-order chi connectivity index (χ1) is 10.2. The number of aromatic nitrogens is 3. The Kier molecular flexibility index (Phi) is 3.85. The van der Waals surface area contributed by atoms with Crippen LogP contribution in [0.1, 0.15) is 30.9 Å². The monoisotopic (exact) mass is 286 g/mol. The van der Waals surface area contributed by atoms with E-state index in [1.54, 1.807) is 0 Å². The fourth-order valence-electron chi connectivity index (χ4n) is 2.47. The highest BCUT2D eigenvalue weighted by molar-refractivity contribution is 5.38. The zero-order valence-electron chi connectivity index (χ0n) is 12.0. The molecule has 0 amide bonds. The maximum Gasteiger partial charge on any atom is 0.330 e. The molecule has 1 aromatic heterocycles. The topological polar surface area (TPSA) is 83.2 Å². The average Bonchev–Trinajstić information content (AvgIpc) is 2.47. The summed E-state index contributed by atoms with van der Waals surface area (Å²) < 4.78 is 10.9. The first-order valence-electron chi connectivity index (χ1n) is 7.18. The minimum absolute atomic E-state index is 0.0846. The van der Waals surface area contributed by atoms with E-state index in [2.05, 4.69) is 27.1 Å². The summed E-state index contributed by atoms with van der Waals surface area (Å²) in [5, 5.41) is 0. The molecule has 0 aliphatic heterocycles. The maximum atomic E-state index is 5.69. The van der Waals surface area contributed by atoms with Crippen molar-refractivity contribution >= 4 is 5.95 Å². The van der Waals surface area contributed by atoms with Crippen molar-refractivity contribution in [1.82, 2.24) is 15.0 Å². The van der Waals surface area contributed by atoms with Crippen molar-refractivity contribution in [3.05, 3.63) is 29.3 Å². The lowest BCUT2D eigenvalue weighted by Crippen LogP contribution is -2.05. The highest BCUT2D eigenvalue weighted by Crippen LogP contribution is 2.27. The van der Waals surface area contributed by atoms with Crippen LogP contribution >= 0.6 is 0 Å². The van der Waals surface area contributed by atoms with E-state index in [9.17, 15) is 0 Å². The highest BCUT2D eigenvalue weighted by Gasteiger charge is 2.12. The van der Waals surface area contributed by atoms with E-state index >= 15 is 0 Å². The summed E-state index contributed by atoms with van der Waals surface area (Å²) in [6.45, 7) is 2.31. The quantitative estimate of drug-likeness (QED) is 0.929. The Morgan fingerprint density at radius 3 is 2.62 bits per heavy atom. The molecule has 3 rings (SSSR count). The molecule has 21 heavy (non-hydrogen) atoms. The SMILES string of the molecule is CCOc1nc(N)nc(Oc2ccc3c(c2)CCCC3)n1. The van der Waals surface area contributed by atoms with Crippen LogP contribution in [-0.4, -0.2) is 21.6 Å². The second-order valence-corrected chi connectivity index (χ2v) is 4.93. The van der Waals surface area contributed by atoms with Crippen LogP contribution in [-0.2, 0) is 12.8 Å². The van der Waals surface area contributed by atoms with Gasteiger partial charge in [0.15, 0.2) is 0 Å². The second kappa shape index (κ2) is 5.95. The molecule has 1 heterocycles. The minimum Gasteiger partial charge on any atom is -0.464 e. The Balaban J connectivity index is 1.83. The van der Waals surface area contributed by atoms with E-state index in [0.717, 1.165) is 12.8 Å². The molecule has 110 valence electrons. The first kappa shape index (κ1) is 13.6. The van der Waals surface area contributed by atoms with Gasteiger partial charge in [0.1, 0.15) is 5.75 Å². The molecule has 0 saturated carbocycles. The fraction of sp³-hybridized carbons (Fsp3) is 0.400. The van der Waals surface area contributed by atoms with Crippen LogP contribution in [0, 0.1) is 0 Å². The molecule has 0 spiro atoms. The molecule has 1 aliphatic rings. The summed E-state index contributed by atoms with van der Waals surface area (Å²) in [7, 11) is 0. The van der Waals surface area contributed by atoms with Crippen LogP contribution in [0.5, 0.6) is 17.8 Å². The van der Waals surface area contributed by atoms with Gasteiger partial charge in [-0.05, 0) is 55.9 Å². The Hall–Kier alpha value is -2.37. The Bertz CT molecular complexity index is 646. The van der Waals surface area contributed by atoms with Gasteiger partial charge in [0.2, 0.25) is 5.95 Å². The van der Waals surface area contributed by atoms with Gasteiger partial charge in [0.05, 0.1) is 6.61 Å². The Morgan fingerprint density at radius 2 is 1.81 bits per heavy atom. The third-order valence-corrected chi connectivity index (χ3v) is 3.41. The van der Waals surface area contributed by atoms with Gasteiger partial charge in [0.25, 0.3) is 0 Å². The van der Waals surface area contributed by atoms with Gasteiger partial charge in [-0.1, -0.05) is 6.07 Å². The molecule has 0 bridgehead atoms. The standard InChI is InChI=1S/C15H18N4O2/c1-2-20-14-17-13(16)18-15(19-14)21-12-8-7-10-5-3-4-6-11(10)9-12/h7-9H,2-6H2,1H3,(H2,16,17,18,19). The van der Waals surface area contributed by atoms with Gasteiger partial charge in [0, 0.05) is 0 Å². The van der Waals surface area contributed by atoms with E-state index in [1.165, 1.54) is 24.0 Å². The zero-order valence-corrected chi connectivity index (χ0v) is 12.0. The number of benzene rings is 1. The molecule has 0 unspecified atom stereocenters. The van der Waals surface area contributed by atoms with Crippen LogP contribution in [0.3, 0.4) is 0 Å². The lowest BCUT2D eigenvalue weighted by Gasteiger charge is -2.16. The third-order valence-electron chi connectivity index (χ3n) is 3.41. The van der Waals surface area contributed by atoms with Crippen molar-refractivity contribution in [1.29, 1.82) is 0 Å². The van der Waals surface area contributed by atoms with E-state index in [0.29, 0.717) is 12.4 Å². The zero-order chi connectivity index (χ0) is 14.7. The van der Waals surface area contributed by atoms with Gasteiger partial charge >= 0.3 is 12.0 Å². The van der Waals surface area contributed by atoms with Crippen molar-refractivity contribution < 1.29 is 9.47 Å². The van der Waals surface area contributed by atoms with Crippen molar-refractivity contribution in [2.45, 2.75) is 32.6 Å². The van der Waals surface area contributed by atoms with Gasteiger partial charge in [-0.25, -0.2) is 0 Å². The van der Waals surface area contributed by atoms with Crippen molar-refractivity contribution in [2.75, 3.05) is 12.3 Å². The summed E-state index contributed by atoms with van der Waals surface area (Å²) in [5.41, 5.74) is 8.37. The largest absolute Gasteiger partial charge is 0.464 e. The molecular weight excluding hydrogens is 268 g/mol. The summed E-state index contributed by atoms with van der Waals surface area (Å²) in [5.74, 6) is 0.796. The number of nitrogens with zero attached hydrogens (tertiary/aromatic N) is 3. The third kappa shape index (κ3) is 3.21. The first-order valence-corrected chi connectivity index (χ1v) is 7.18. The van der Waals surface area contributed by atoms with Crippen LogP contribution in [0.15, 0.2) is 18.2 Å². The minimum atomic E-state index is 0.0846. The number of anilines is 1. The normalized spacial score (nSPS) is 13.6. The summed E-state index contributed by atoms with van der Waals surface area (Å²) in [6, 6.07) is 6.43. The molecule has 6 nitrogen and oxygen atoms in total. The molecule has 0 radical (unpaired) electrons. The van der Waals surface area contributed by atoms with E-state index in [-0.39, 0.29) is 18.0 Å². The van der Waals surface area contributed by atoms with Gasteiger partial charge in [-0.15, -0.1) is 4.98 Å². The fourth-order valence-corrected chi connectivity index (χ4v) is 2.47. The van der Waals surface area contributed by atoms with E-state index in [1.807, 2.05) is 13.0 Å². The Morgan fingerprint density at radius 1 is 1.05 bits per heavy atom. The number of aryl methyl sites for hydroxylation is 2. The van der Waals surface area contributed by atoms with E-state index in [4.69, 9.17) is 15.2 Å². The molecule has 2 N–H and O–H groups in total. The molecule has 0 saturated heterocycles. The van der Waals surface area contributed by atoms with Crippen molar-refractivity contribution in [3.8, 4) is 17.8 Å². The van der Waals surface area contributed by atoms with Gasteiger partial charge < -0.3 is 15.2 Å². The van der Waals surface area contributed by atoms with Crippen molar-refractivity contribution in [2.24, 2.45) is 0 Å². The van der Waals surface area contributed by atoms with Crippen LogP contribution in [0.4, 0.5) is 5.95 Å². The summed E-state index contributed by atoms with van der Waals surface area (Å²) >= 11 is 0. The maximum absolute atomic E-state index is 5.69. The molecule has 6 heteroatoms. The second-order valence-electron chi connectivity index (χ2n) is 4.93. The summed E-state index contributed by atoms with van der Waals surface area (Å²) in [4.78, 5) is 11.9. The smallest absolute Gasteiger partial charge is 0.330 e. The number of hydrogen-bond donors (Lipinski definition) is 1. The number of nitrogens with two attached hydrogens (primary N) is 1. The number of fused-ring (bicyclic) bond motifs is 1. The van der Waals surface area contributed by atoms with Gasteiger partial charge in [-0.3, -0.25) is 0 Å². The van der Waals surface area contributed by atoms with Crippen molar-refractivity contribution in [3.63, 3.8) is 0 Å². The molecule has 1 aromatic carbocycles. The van der Waals surface area contributed by atoms with Crippen LogP contribution in [0.25, 0.3) is 0 Å². The number of hydrogen-bond acceptors (Lipinski definition) is 6. The predicted octanol–water partition coefficient (Wildman–Crippen LogP) is 2.52. The lowest BCUT2D eigenvalue weighted by molar-refractivity contribution is 0.304. The lowest BCUT2D eigenvalue weighted by atomic mass is 9.92.